The maximum Gasteiger partial charge on any atom is 0.417 e. The van der Waals surface area contributed by atoms with Crippen LogP contribution in [0.15, 0.2) is 78.1 Å². The molecule has 1 aliphatic heterocycles. The van der Waals surface area contributed by atoms with Gasteiger partial charge in [0.05, 0.1) is 63.8 Å². The number of nitrogens with one attached hydrogen (secondary N) is 5. The fraction of sp³-hybridized carbons (Fsp3) is 0.458. The van der Waals surface area contributed by atoms with Gasteiger partial charge in [-0.25, -0.2) is 9.37 Å². The first kappa shape index (κ1) is 53.4. The molecular weight excluding hydrogens is 941 g/mol. The summed E-state index contributed by atoms with van der Waals surface area (Å²) < 4.78 is 83.1. The number of H-pyrrole nitrogens is 1. The smallest absolute Gasteiger partial charge is 0.417 e. The fourth-order valence-corrected chi connectivity index (χ4v) is 7.96. The Bertz CT molecular complexity index is 2490. The third kappa shape index (κ3) is 16.3. The molecule has 5 N–H and O–H groups in total. The van der Waals surface area contributed by atoms with Gasteiger partial charge in [0.25, 0.3) is 5.91 Å². The third-order valence-corrected chi connectivity index (χ3v) is 11.6. The van der Waals surface area contributed by atoms with Gasteiger partial charge < -0.3 is 54.8 Å². The van der Waals surface area contributed by atoms with E-state index in [1.165, 1.54) is 12.3 Å². The zero-order chi connectivity index (χ0) is 50.8. The van der Waals surface area contributed by atoms with Crippen LogP contribution in [0.3, 0.4) is 0 Å². The van der Waals surface area contributed by atoms with Crippen LogP contribution >= 0.6 is 0 Å². The van der Waals surface area contributed by atoms with Crippen molar-refractivity contribution in [2.45, 2.75) is 63.2 Å². The van der Waals surface area contributed by atoms with E-state index >= 15 is 0 Å². The van der Waals surface area contributed by atoms with Crippen molar-refractivity contribution in [2.24, 2.45) is 11.8 Å². The number of amides is 5. The van der Waals surface area contributed by atoms with E-state index in [4.69, 9.17) is 23.7 Å². The third-order valence-electron chi connectivity index (χ3n) is 11.6. The zero-order valence-electron chi connectivity index (χ0n) is 38.9. The summed E-state index contributed by atoms with van der Waals surface area (Å²) in [6, 6.07) is 9.24. The number of pyridine rings is 3. The average molecular weight is 997 g/mol. The number of halogens is 4. The van der Waals surface area contributed by atoms with Gasteiger partial charge in [0.15, 0.2) is 11.5 Å². The lowest BCUT2D eigenvalue weighted by Gasteiger charge is -2.28. The Morgan fingerprint density at radius 3 is 2.28 bits per heavy atom. The Kier molecular flexibility index (Phi) is 19.8. The maximum absolute atomic E-state index is 14.3. The molecule has 0 bridgehead atoms. The number of benzene rings is 1. The maximum atomic E-state index is 14.3. The summed E-state index contributed by atoms with van der Waals surface area (Å²) in [7, 11) is 1.69. The van der Waals surface area contributed by atoms with Crippen molar-refractivity contribution in [1.29, 1.82) is 0 Å². The highest BCUT2D eigenvalue weighted by Gasteiger charge is 2.42. The lowest BCUT2D eigenvalue weighted by molar-refractivity contribution is -0.138. The number of alkyl halides is 3. The molecule has 0 unspecified atom stereocenters. The van der Waals surface area contributed by atoms with Crippen LogP contribution in [0.2, 0.25) is 0 Å². The number of carbonyl (C=O) groups excluding carboxylic acids is 5. The molecule has 2 fully saturated rings. The minimum absolute atomic E-state index is 0.000142. The highest BCUT2D eigenvalue weighted by molar-refractivity contribution is 6.06. The van der Waals surface area contributed by atoms with Crippen molar-refractivity contribution in [2.75, 3.05) is 71.7 Å². The second-order valence-corrected chi connectivity index (χ2v) is 16.7. The largest absolute Gasteiger partial charge is 0.489 e. The Labute approximate surface area is 405 Å². The van der Waals surface area contributed by atoms with Crippen molar-refractivity contribution >= 4 is 35.2 Å². The van der Waals surface area contributed by atoms with E-state index in [1.54, 1.807) is 30.4 Å². The summed E-state index contributed by atoms with van der Waals surface area (Å²) in [6.45, 7) is 2.19. The van der Waals surface area contributed by atoms with Crippen molar-refractivity contribution in [3.63, 3.8) is 0 Å². The van der Waals surface area contributed by atoms with E-state index < -0.39 is 46.4 Å². The molecule has 0 spiro atoms. The number of ether oxygens (including phenoxy) is 5. The van der Waals surface area contributed by atoms with E-state index in [1.807, 2.05) is 6.07 Å². The molecule has 4 heterocycles. The van der Waals surface area contributed by atoms with E-state index in [9.17, 15) is 46.3 Å². The summed E-state index contributed by atoms with van der Waals surface area (Å²) in [6.07, 6.45) is 3.13. The number of likely N-dealkylation sites (tertiary alicyclic amines) is 1. The Balaban J connectivity index is 0.799. The van der Waals surface area contributed by atoms with Gasteiger partial charge in [-0.3, -0.25) is 33.8 Å². The van der Waals surface area contributed by atoms with Gasteiger partial charge >= 0.3 is 6.18 Å². The summed E-state index contributed by atoms with van der Waals surface area (Å²) in [5.74, 6) is -4.01. The normalized spacial score (nSPS) is 17.9. The molecule has 1 saturated heterocycles. The van der Waals surface area contributed by atoms with Gasteiger partial charge in [-0.15, -0.1) is 0 Å². The van der Waals surface area contributed by atoms with Crippen LogP contribution < -0.4 is 36.3 Å². The van der Waals surface area contributed by atoms with Gasteiger partial charge in [0, 0.05) is 87.5 Å². The monoisotopic (exact) mass is 996 g/mol. The van der Waals surface area contributed by atoms with Gasteiger partial charge in [-0.2, -0.15) is 13.2 Å². The van der Waals surface area contributed by atoms with Crippen LogP contribution in [0.1, 0.15) is 72.5 Å². The van der Waals surface area contributed by atoms with Crippen molar-refractivity contribution < 1.29 is 65.2 Å². The Morgan fingerprint density at radius 1 is 0.831 bits per heavy atom. The predicted molar refractivity (Wildman–Crippen MR) is 246 cm³/mol. The number of hydrogen-bond acceptors (Lipinski definition) is 13. The van der Waals surface area contributed by atoms with E-state index in [0.717, 1.165) is 29.8 Å². The molecule has 2 atom stereocenters. The number of rotatable bonds is 25. The first-order chi connectivity index (χ1) is 34.2. The van der Waals surface area contributed by atoms with Crippen LogP contribution in [0.4, 0.5) is 23.2 Å². The molecule has 19 nitrogen and oxygen atoms in total. The fourth-order valence-electron chi connectivity index (χ4n) is 7.96. The SMILES string of the molecule is CN1C(=O)C[C@H](C(=O)NCCOCCOCCOCCC(=O)NC2CCC(C(=O)NCCCOc3cc(F)ccc3Oc3ncc(C(F)(F)F)cc3C(=O)Nc3cc[nH]c(=O)c3)CC2)[C@H]1c1cccnc1. The van der Waals surface area contributed by atoms with Gasteiger partial charge in [0.1, 0.15) is 11.4 Å². The number of aromatic amines is 1. The minimum Gasteiger partial charge on any atom is -0.489 e. The van der Waals surface area contributed by atoms with E-state index in [0.29, 0.717) is 64.2 Å². The molecule has 3 aromatic heterocycles. The lowest BCUT2D eigenvalue weighted by Crippen LogP contribution is -2.41. The summed E-state index contributed by atoms with van der Waals surface area (Å²) >= 11 is 0. The second kappa shape index (κ2) is 26.3. The standard InChI is InChI=1S/C48H56F4N8O11/c1-60-42(63)27-36(43(60)31-4-2-13-53-28-31)45(65)56-16-19-68-21-23-69-22-20-67-18-12-40(61)58-34-8-5-30(6-9-34)44(64)55-14-3-17-70-39-25-33(49)7-10-38(39)71-47-37(24-32(29-57-47)48(50,51)52)46(66)59-35-11-15-54-41(62)26-35/h2,4,7,10-11,13,15,24-26,28-30,34,36,43H,3,5-6,8-9,12,14,16-23,27H2,1H3,(H,55,64)(H,56,65)(H,58,61)(H2,54,59,62,66)/t30?,34?,36-,43+/m0/s1. The molecule has 5 amide bonds. The van der Waals surface area contributed by atoms with E-state index in [-0.39, 0.29) is 111 Å². The summed E-state index contributed by atoms with van der Waals surface area (Å²) in [5, 5.41) is 11.0. The Morgan fingerprint density at radius 2 is 1.56 bits per heavy atom. The van der Waals surface area contributed by atoms with Gasteiger partial charge in [0.2, 0.25) is 35.1 Å². The number of carbonyl (C=O) groups is 5. The predicted octanol–water partition coefficient (Wildman–Crippen LogP) is 4.70. The van der Waals surface area contributed by atoms with Gasteiger partial charge in [-0.1, -0.05) is 6.07 Å². The summed E-state index contributed by atoms with van der Waals surface area (Å²) in [4.78, 5) is 87.2. The molecule has 2 aliphatic rings. The van der Waals surface area contributed by atoms with Crippen molar-refractivity contribution in [1.82, 2.24) is 35.8 Å². The van der Waals surface area contributed by atoms with Crippen LogP contribution in [-0.4, -0.2) is 122 Å². The van der Waals surface area contributed by atoms with Crippen LogP contribution in [-0.2, 0) is 39.6 Å². The molecule has 71 heavy (non-hydrogen) atoms. The number of aromatic nitrogens is 3. The molecular formula is C48H56F4N8O11. The highest BCUT2D eigenvalue weighted by Crippen LogP contribution is 2.38. The number of nitrogens with zero attached hydrogens (tertiary/aromatic N) is 3. The molecule has 6 rings (SSSR count). The minimum atomic E-state index is -4.85. The number of hydrogen-bond donors (Lipinski definition) is 5. The molecule has 23 heteroatoms. The lowest BCUT2D eigenvalue weighted by atomic mass is 9.85. The molecule has 1 saturated carbocycles. The van der Waals surface area contributed by atoms with Crippen molar-refractivity contribution in [3.8, 4) is 17.4 Å². The summed E-state index contributed by atoms with van der Waals surface area (Å²) in [5.41, 5.74) is -1.62. The Hall–Kier alpha value is -6.98. The number of anilines is 1. The van der Waals surface area contributed by atoms with E-state index in [2.05, 4.69) is 36.2 Å². The molecule has 0 radical (unpaired) electrons. The average Bonchev–Trinajstić information content (AvgIpc) is 3.65. The van der Waals surface area contributed by atoms with Gasteiger partial charge in [-0.05, 0) is 68.0 Å². The molecule has 4 aromatic rings. The zero-order valence-corrected chi connectivity index (χ0v) is 38.9. The van der Waals surface area contributed by atoms with Crippen LogP contribution in [0.25, 0.3) is 0 Å². The van der Waals surface area contributed by atoms with Crippen LogP contribution in [0, 0.1) is 17.7 Å². The van der Waals surface area contributed by atoms with Crippen molar-refractivity contribution in [3.05, 3.63) is 106 Å². The van der Waals surface area contributed by atoms with Crippen LogP contribution in [0.5, 0.6) is 17.4 Å². The first-order valence-electron chi connectivity index (χ1n) is 23.1. The quantitative estimate of drug-likeness (QED) is 0.0448. The highest BCUT2D eigenvalue weighted by atomic mass is 19.4. The topological polar surface area (TPSA) is 241 Å². The molecule has 1 aromatic carbocycles. The molecule has 382 valence electrons. The second-order valence-electron chi connectivity index (χ2n) is 16.7. The first-order valence-corrected chi connectivity index (χ1v) is 23.1. The molecule has 1 aliphatic carbocycles.